The summed E-state index contributed by atoms with van der Waals surface area (Å²) in [4.78, 5) is 2.34. The molecule has 3 aromatic rings. The van der Waals surface area contributed by atoms with Crippen LogP contribution in [0.2, 0.25) is 0 Å². The molecule has 0 saturated carbocycles. The average molecular weight is 299 g/mol. The van der Waals surface area contributed by atoms with Crippen LogP contribution in [0.25, 0.3) is 0 Å². The van der Waals surface area contributed by atoms with Crippen molar-refractivity contribution >= 4 is 17.1 Å². The number of hydrogen-bond acceptors (Lipinski definition) is 1. The fraction of sp³-hybridized carbons (Fsp3) is 0.182. The van der Waals surface area contributed by atoms with Gasteiger partial charge < -0.3 is 4.90 Å². The Bertz CT molecular complexity index is 783. The molecule has 1 nitrogen and oxygen atoms in total. The maximum Gasteiger partial charge on any atom is 0.0464 e. The second-order valence-electron chi connectivity index (χ2n) is 6.46. The minimum absolute atomic E-state index is 1.21. The number of nitrogens with zero attached hydrogens (tertiary/aromatic N) is 1. The number of benzene rings is 3. The van der Waals surface area contributed by atoms with E-state index in [4.69, 9.17) is 0 Å². The van der Waals surface area contributed by atoms with Crippen molar-refractivity contribution in [1.29, 1.82) is 0 Å². The van der Waals surface area contributed by atoms with Crippen LogP contribution < -0.4 is 4.90 Å². The first-order valence-corrected chi connectivity index (χ1v) is 8.26. The van der Waals surface area contributed by atoms with Crippen molar-refractivity contribution < 1.29 is 0 Å². The summed E-state index contributed by atoms with van der Waals surface area (Å²) >= 11 is 0. The third-order valence-electron chi connectivity index (χ3n) is 4.70. The van der Waals surface area contributed by atoms with Gasteiger partial charge in [0, 0.05) is 17.1 Å². The van der Waals surface area contributed by atoms with E-state index in [9.17, 15) is 0 Å². The van der Waals surface area contributed by atoms with Crippen molar-refractivity contribution in [1.82, 2.24) is 0 Å². The van der Waals surface area contributed by atoms with Gasteiger partial charge in [0.2, 0.25) is 0 Å². The molecule has 1 heteroatoms. The predicted octanol–water partition coefficient (Wildman–Crippen LogP) is 5.87. The standard InChI is InChI=1S/C22H21N/c1-16-3-10-20(11-4-16)23(21-12-5-17(2)6-13-21)22-14-9-18-7-8-19(18)15-22/h3-6,9-15H,7-8H2,1-2H3. The van der Waals surface area contributed by atoms with E-state index in [1.807, 2.05) is 0 Å². The first-order chi connectivity index (χ1) is 11.2. The Hall–Kier alpha value is -2.54. The van der Waals surface area contributed by atoms with Gasteiger partial charge in [-0.1, -0.05) is 41.5 Å². The summed E-state index contributed by atoms with van der Waals surface area (Å²) in [6, 6.07) is 24.4. The lowest BCUT2D eigenvalue weighted by atomic mass is 9.88. The van der Waals surface area contributed by atoms with E-state index in [1.54, 1.807) is 0 Å². The van der Waals surface area contributed by atoms with Crippen LogP contribution in [-0.4, -0.2) is 0 Å². The molecule has 0 unspecified atom stereocenters. The second kappa shape index (κ2) is 5.58. The first-order valence-electron chi connectivity index (χ1n) is 8.26. The SMILES string of the molecule is Cc1ccc(N(c2ccc(C)cc2)c2ccc3c(c2)CC3)cc1. The van der Waals surface area contributed by atoms with Crippen LogP contribution in [0.4, 0.5) is 17.1 Å². The number of anilines is 3. The van der Waals surface area contributed by atoms with E-state index in [0.717, 1.165) is 0 Å². The highest BCUT2D eigenvalue weighted by molar-refractivity contribution is 5.77. The van der Waals surface area contributed by atoms with Crippen molar-refractivity contribution in [2.75, 3.05) is 4.90 Å². The van der Waals surface area contributed by atoms with Gasteiger partial charge in [-0.15, -0.1) is 0 Å². The van der Waals surface area contributed by atoms with E-state index >= 15 is 0 Å². The lowest BCUT2D eigenvalue weighted by Gasteiger charge is -2.28. The molecule has 0 bridgehead atoms. The molecule has 114 valence electrons. The van der Waals surface area contributed by atoms with Gasteiger partial charge in [-0.2, -0.15) is 0 Å². The molecule has 1 aliphatic rings. The molecule has 3 aromatic carbocycles. The fourth-order valence-electron chi connectivity index (χ4n) is 3.16. The van der Waals surface area contributed by atoms with Crippen LogP contribution >= 0.6 is 0 Å². The quantitative estimate of drug-likeness (QED) is 0.584. The zero-order valence-electron chi connectivity index (χ0n) is 13.7. The van der Waals surface area contributed by atoms with Gasteiger partial charge in [0.15, 0.2) is 0 Å². The first kappa shape index (κ1) is 14.1. The summed E-state index contributed by atoms with van der Waals surface area (Å²) in [5.74, 6) is 0. The van der Waals surface area contributed by atoms with Crippen LogP contribution in [0, 0.1) is 13.8 Å². The summed E-state index contributed by atoms with van der Waals surface area (Å²) in [5.41, 5.74) is 9.23. The maximum absolute atomic E-state index is 2.35. The molecule has 0 spiro atoms. The van der Waals surface area contributed by atoms with Crippen molar-refractivity contribution in [3.8, 4) is 0 Å². The molecule has 0 N–H and O–H groups in total. The topological polar surface area (TPSA) is 3.24 Å². The highest BCUT2D eigenvalue weighted by Crippen LogP contribution is 2.37. The number of fused-ring (bicyclic) bond motifs is 1. The Morgan fingerprint density at radius 2 is 1.04 bits per heavy atom. The van der Waals surface area contributed by atoms with Crippen LogP contribution in [0.3, 0.4) is 0 Å². The molecule has 0 aliphatic heterocycles. The Morgan fingerprint density at radius 3 is 1.48 bits per heavy atom. The fourth-order valence-corrected chi connectivity index (χ4v) is 3.16. The summed E-state index contributed by atoms with van der Waals surface area (Å²) in [5, 5.41) is 0. The number of rotatable bonds is 3. The van der Waals surface area contributed by atoms with Crippen molar-refractivity contribution in [2.45, 2.75) is 26.7 Å². The van der Waals surface area contributed by atoms with Crippen molar-refractivity contribution in [3.63, 3.8) is 0 Å². The highest BCUT2D eigenvalue weighted by atomic mass is 15.1. The minimum atomic E-state index is 1.21. The van der Waals surface area contributed by atoms with E-state index in [1.165, 1.54) is 52.2 Å². The molecule has 4 rings (SSSR count). The van der Waals surface area contributed by atoms with E-state index in [2.05, 4.69) is 85.5 Å². The molecular weight excluding hydrogens is 278 g/mol. The molecular formula is C22H21N. The molecule has 0 amide bonds. The van der Waals surface area contributed by atoms with E-state index < -0.39 is 0 Å². The van der Waals surface area contributed by atoms with Crippen molar-refractivity contribution in [2.24, 2.45) is 0 Å². The Labute approximate surface area is 138 Å². The lowest BCUT2D eigenvalue weighted by molar-refractivity contribution is 0.839. The number of aryl methyl sites for hydroxylation is 4. The van der Waals surface area contributed by atoms with Crippen LogP contribution in [0.15, 0.2) is 66.7 Å². The molecule has 0 fully saturated rings. The molecule has 0 radical (unpaired) electrons. The summed E-state index contributed by atoms with van der Waals surface area (Å²) < 4.78 is 0. The monoisotopic (exact) mass is 299 g/mol. The zero-order valence-corrected chi connectivity index (χ0v) is 13.7. The zero-order chi connectivity index (χ0) is 15.8. The summed E-state index contributed by atoms with van der Waals surface area (Å²) in [6.07, 6.45) is 2.43. The largest absolute Gasteiger partial charge is 0.310 e. The summed E-state index contributed by atoms with van der Waals surface area (Å²) in [6.45, 7) is 4.26. The Morgan fingerprint density at radius 1 is 0.565 bits per heavy atom. The molecule has 1 aliphatic carbocycles. The normalized spacial score (nSPS) is 12.4. The van der Waals surface area contributed by atoms with Gasteiger partial charge in [-0.3, -0.25) is 0 Å². The highest BCUT2D eigenvalue weighted by Gasteiger charge is 2.17. The third kappa shape index (κ3) is 2.63. The third-order valence-corrected chi connectivity index (χ3v) is 4.70. The predicted molar refractivity (Wildman–Crippen MR) is 98.0 cm³/mol. The molecule has 0 heterocycles. The van der Waals surface area contributed by atoms with Crippen LogP contribution in [0.1, 0.15) is 22.3 Å². The molecule has 0 saturated heterocycles. The van der Waals surface area contributed by atoms with Gasteiger partial charge in [0.1, 0.15) is 0 Å². The smallest absolute Gasteiger partial charge is 0.0464 e. The van der Waals surface area contributed by atoms with Gasteiger partial charge >= 0.3 is 0 Å². The van der Waals surface area contributed by atoms with Gasteiger partial charge in [0.25, 0.3) is 0 Å². The molecule has 0 atom stereocenters. The second-order valence-corrected chi connectivity index (χ2v) is 6.46. The Balaban J connectivity index is 1.83. The van der Waals surface area contributed by atoms with Crippen LogP contribution in [0.5, 0.6) is 0 Å². The lowest BCUT2D eigenvalue weighted by Crippen LogP contribution is -2.13. The minimum Gasteiger partial charge on any atom is -0.310 e. The van der Waals surface area contributed by atoms with Gasteiger partial charge in [-0.25, -0.2) is 0 Å². The van der Waals surface area contributed by atoms with E-state index in [-0.39, 0.29) is 0 Å². The average Bonchev–Trinajstić information content (AvgIpc) is 2.53. The van der Waals surface area contributed by atoms with Gasteiger partial charge in [0.05, 0.1) is 0 Å². The van der Waals surface area contributed by atoms with Crippen LogP contribution in [-0.2, 0) is 12.8 Å². The maximum atomic E-state index is 2.35. The Kier molecular flexibility index (Phi) is 3.42. The van der Waals surface area contributed by atoms with Crippen molar-refractivity contribution in [3.05, 3.63) is 89.0 Å². The molecule has 0 aromatic heterocycles. The molecule has 23 heavy (non-hydrogen) atoms. The number of hydrogen-bond donors (Lipinski definition) is 0. The van der Waals surface area contributed by atoms with E-state index in [0.29, 0.717) is 0 Å². The van der Waals surface area contributed by atoms with Gasteiger partial charge in [-0.05, 0) is 74.2 Å². The summed E-state index contributed by atoms with van der Waals surface area (Å²) in [7, 11) is 0.